The van der Waals surface area contributed by atoms with Crippen molar-refractivity contribution in [3.05, 3.63) is 65.2 Å². The third-order valence-electron chi connectivity index (χ3n) is 3.74. The van der Waals surface area contributed by atoms with Gasteiger partial charge in [0.05, 0.1) is 0 Å². The summed E-state index contributed by atoms with van der Waals surface area (Å²) in [6.07, 6.45) is 1.76. The minimum absolute atomic E-state index is 0.153. The molecule has 0 radical (unpaired) electrons. The Bertz CT molecular complexity index is 752. The van der Waals surface area contributed by atoms with Crippen molar-refractivity contribution < 1.29 is 19.7 Å². The Kier molecular flexibility index (Phi) is 4.98. The first-order valence-corrected chi connectivity index (χ1v) is 7.67. The first kappa shape index (κ1) is 17.6. The number of aromatic carboxylic acids is 1. The van der Waals surface area contributed by atoms with Crippen molar-refractivity contribution in [1.29, 1.82) is 0 Å². The highest BCUT2D eigenvalue weighted by Gasteiger charge is 2.24. The highest BCUT2D eigenvalue weighted by Crippen LogP contribution is 2.37. The summed E-state index contributed by atoms with van der Waals surface area (Å²) in [5.41, 5.74) is 1.97. The number of phenols is 1. The summed E-state index contributed by atoms with van der Waals surface area (Å²) in [4.78, 5) is 11.4. The number of aromatic hydroxyl groups is 1. The van der Waals surface area contributed by atoms with Crippen molar-refractivity contribution in [1.82, 2.24) is 0 Å². The second-order valence-electron chi connectivity index (χ2n) is 6.66. The minimum Gasteiger partial charge on any atom is -0.507 e. The standard InChI is InChI=1S/C20H22O4/c1-5-13-6-8-14(9-7-13)12-24-15-10-16(19(22)23)18(21)17(11-15)20(2,3)4/h5-11,21H,1,12H2,2-4H3,(H,22,23). The van der Waals surface area contributed by atoms with Crippen molar-refractivity contribution in [3.63, 3.8) is 0 Å². The number of carboxylic acid groups (broad SMARTS) is 1. The Morgan fingerprint density at radius 3 is 2.33 bits per heavy atom. The Morgan fingerprint density at radius 1 is 1.21 bits per heavy atom. The summed E-state index contributed by atoms with van der Waals surface area (Å²) in [6, 6.07) is 10.8. The third kappa shape index (κ3) is 3.96. The highest BCUT2D eigenvalue weighted by molar-refractivity contribution is 5.92. The lowest BCUT2D eigenvalue weighted by molar-refractivity contribution is 0.0692. The van der Waals surface area contributed by atoms with Crippen molar-refractivity contribution in [2.75, 3.05) is 0 Å². The molecule has 0 saturated heterocycles. The summed E-state index contributed by atoms with van der Waals surface area (Å²) in [6.45, 7) is 9.75. The fourth-order valence-corrected chi connectivity index (χ4v) is 2.34. The first-order valence-electron chi connectivity index (χ1n) is 7.67. The fraction of sp³-hybridized carbons (Fsp3) is 0.250. The average Bonchev–Trinajstić information content (AvgIpc) is 2.53. The van der Waals surface area contributed by atoms with Gasteiger partial charge in [-0.3, -0.25) is 0 Å². The normalized spacial score (nSPS) is 11.1. The summed E-state index contributed by atoms with van der Waals surface area (Å²) in [5, 5.41) is 19.5. The van der Waals surface area contributed by atoms with Gasteiger partial charge in [0.25, 0.3) is 0 Å². The molecule has 0 atom stereocenters. The summed E-state index contributed by atoms with van der Waals surface area (Å²) >= 11 is 0. The lowest BCUT2D eigenvalue weighted by Gasteiger charge is -2.22. The van der Waals surface area contributed by atoms with Gasteiger partial charge in [-0.2, -0.15) is 0 Å². The van der Waals surface area contributed by atoms with Crippen LogP contribution in [0.5, 0.6) is 11.5 Å². The van der Waals surface area contributed by atoms with E-state index in [1.807, 2.05) is 45.0 Å². The predicted octanol–water partition coefficient (Wildman–Crippen LogP) is 4.61. The van der Waals surface area contributed by atoms with E-state index in [0.717, 1.165) is 11.1 Å². The van der Waals surface area contributed by atoms with Crippen molar-refractivity contribution in [2.45, 2.75) is 32.8 Å². The predicted molar refractivity (Wildman–Crippen MR) is 94.6 cm³/mol. The van der Waals surface area contributed by atoms with Crippen LogP contribution in [0.2, 0.25) is 0 Å². The molecular formula is C20H22O4. The van der Waals surface area contributed by atoms with Crippen LogP contribution in [0.3, 0.4) is 0 Å². The van der Waals surface area contributed by atoms with Gasteiger partial charge >= 0.3 is 5.97 Å². The van der Waals surface area contributed by atoms with Crippen LogP contribution in [-0.4, -0.2) is 16.2 Å². The molecule has 4 nitrogen and oxygen atoms in total. The molecule has 24 heavy (non-hydrogen) atoms. The van der Waals surface area contributed by atoms with E-state index in [1.165, 1.54) is 6.07 Å². The second kappa shape index (κ2) is 6.79. The zero-order valence-corrected chi connectivity index (χ0v) is 14.2. The molecule has 0 bridgehead atoms. The van der Waals surface area contributed by atoms with Gasteiger partial charge < -0.3 is 14.9 Å². The maximum Gasteiger partial charge on any atom is 0.339 e. The van der Waals surface area contributed by atoms with Gasteiger partial charge in [0.1, 0.15) is 23.7 Å². The van der Waals surface area contributed by atoms with Gasteiger partial charge in [-0.05, 0) is 28.7 Å². The van der Waals surface area contributed by atoms with E-state index in [1.54, 1.807) is 12.1 Å². The van der Waals surface area contributed by atoms with Crippen LogP contribution >= 0.6 is 0 Å². The van der Waals surface area contributed by atoms with E-state index in [4.69, 9.17) is 4.74 Å². The van der Waals surface area contributed by atoms with Crippen LogP contribution in [0.1, 0.15) is 47.8 Å². The largest absolute Gasteiger partial charge is 0.507 e. The molecule has 2 aromatic carbocycles. The van der Waals surface area contributed by atoms with Crippen LogP contribution in [0.25, 0.3) is 6.08 Å². The number of carbonyl (C=O) groups is 1. The molecule has 0 unspecified atom stereocenters. The SMILES string of the molecule is C=Cc1ccc(COc2cc(C(=O)O)c(O)c(C(C)(C)C)c2)cc1. The molecule has 2 rings (SSSR count). The van der Waals surface area contributed by atoms with Crippen LogP contribution in [-0.2, 0) is 12.0 Å². The van der Waals surface area contributed by atoms with Crippen molar-refractivity contribution in [2.24, 2.45) is 0 Å². The van der Waals surface area contributed by atoms with Crippen LogP contribution < -0.4 is 4.74 Å². The Labute approximate surface area is 142 Å². The number of carboxylic acids is 1. The molecule has 126 valence electrons. The van der Waals surface area contributed by atoms with Gasteiger partial charge in [0, 0.05) is 5.56 Å². The maximum absolute atomic E-state index is 11.4. The molecule has 0 aromatic heterocycles. The summed E-state index contributed by atoms with van der Waals surface area (Å²) < 4.78 is 5.75. The fourth-order valence-electron chi connectivity index (χ4n) is 2.34. The quantitative estimate of drug-likeness (QED) is 0.842. The molecule has 0 aliphatic rings. The average molecular weight is 326 g/mol. The van der Waals surface area contributed by atoms with E-state index in [2.05, 4.69) is 6.58 Å². The molecule has 0 saturated carbocycles. The number of ether oxygens (including phenoxy) is 1. The molecule has 0 aliphatic heterocycles. The number of hydrogen-bond donors (Lipinski definition) is 2. The Balaban J connectivity index is 2.30. The Morgan fingerprint density at radius 2 is 1.83 bits per heavy atom. The number of hydrogen-bond acceptors (Lipinski definition) is 3. The topological polar surface area (TPSA) is 66.8 Å². The van der Waals surface area contributed by atoms with Gasteiger partial charge in [0.15, 0.2) is 0 Å². The monoisotopic (exact) mass is 326 g/mol. The van der Waals surface area contributed by atoms with E-state index in [9.17, 15) is 15.0 Å². The van der Waals surface area contributed by atoms with Gasteiger partial charge in [-0.1, -0.05) is 57.7 Å². The van der Waals surface area contributed by atoms with E-state index < -0.39 is 11.4 Å². The third-order valence-corrected chi connectivity index (χ3v) is 3.74. The zero-order chi connectivity index (χ0) is 17.9. The molecule has 2 N–H and O–H groups in total. The number of rotatable bonds is 5. The Hall–Kier alpha value is -2.75. The number of benzene rings is 2. The molecule has 4 heteroatoms. The molecular weight excluding hydrogens is 304 g/mol. The maximum atomic E-state index is 11.4. The van der Waals surface area contributed by atoms with E-state index in [-0.39, 0.29) is 11.3 Å². The minimum atomic E-state index is -1.18. The van der Waals surface area contributed by atoms with Crippen LogP contribution in [0.4, 0.5) is 0 Å². The molecule has 0 fully saturated rings. The van der Waals surface area contributed by atoms with Gasteiger partial charge in [-0.15, -0.1) is 0 Å². The zero-order valence-electron chi connectivity index (χ0n) is 14.2. The van der Waals surface area contributed by atoms with Crippen molar-refractivity contribution in [3.8, 4) is 11.5 Å². The smallest absolute Gasteiger partial charge is 0.339 e. The second-order valence-corrected chi connectivity index (χ2v) is 6.66. The molecule has 2 aromatic rings. The molecule has 0 aliphatic carbocycles. The van der Waals surface area contributed by atoms with Gasteiger partial charge in [-0.25, -0.2) is 4.79 Å². The van der Waals surface area contributed by atoms with E-state index in [0.29, 0.717) is 17.9 Å². The first-order chi connectivity index (χ1) is 11.2. The molecule has 0 spiro atoms. The lowest BCUT2D eigenvalue weighted by atomic mass is 9.85. The molecule has 0 amide bonds. The van der Waals surface area contributed by atoms with Crippen molar-refractivity contribution >= 4 is 12.0 Å². The highest BCUT2D eigenvalue weighted by atomic mass is 16.5. The molecule has 0 heterocycles. The summed E-state index contributed by atoms with van der Waals surface area (Å²) in [5.74, 6) is -0.973. The van der Waals surface area contributed by atoms with Gasteiger partial charge in [0.2, 0.25) is 0 Å². The van der Waals surface area contributed by atoms with Crippen LogP contribution in [0, 0.1) is 0 Å². The lowest BCUT2D eigenvalue weighted by Crippen LogP contribution is -2.14. The summed E-state index contributed by atoms with van der Waals surface area (Å²) in [7, 11) is 0. The van der Waals surface area contributed by atoms with Crippen LogP contribution in [0.15, 0.2) is 43.0 Å². The van der Waals surface area contributed by atoms with E-state index >= 15 is 0 Å².